The van der Waals surface area contributed by atoms with Crippen LogP contribution in [0, 0.1) is 0 Å². The second-order valence-electron chi connectivity index (χ2n) is 7.11. The number of carbonyl (C=O) groups excluding carboxylic acids is 2. The van der Waals surface area contributed by atoms with Crippen LogP contribution in [-0.4, -0.2) is 29.4 Å². The smallest absolute Gasteiger partial charge is 0.244 e. The molecular formula is C23H27N3O3. The maximum atomic E-state index is 12.0. The van der Waals surface area contributed by atoms with Crippen molar-refractivity contribution < 1.29 is 14.3 Å². The number of benzene rings is 1. The Bertz CT molecular complexity index is 830. The molecule has 0 radical (unpaired) electrons. The van der Waals surface area contributed by atoms with Crippen molar-refractivity contribution in [3.63, 3.8) is 0 Å². The van der Waals surface area contributed by atoms with Gasteiger partial charge in [-0.05, 0) is 61.1 Å². The molecule has 0 saturated heterocycles. The molecule has 1 heterocycles. The molecule has 0 atom stereocenters. The predicted octanol–water partition coefficient (Wildman–Crippen LogP) is 3.24. The third-order valence-electron chi connectivity index (χ3n) is 4.75. The molecule has 1 fully saturated rings. The van der Waals surface area contributed by atoms with Crippen molar-refractivity contribution in [2.24, 2.45) is 0 Å². The predicted molar refractivity (Wildman–Crippen MR) is 112 cm³/mol. The molecule has 1 aliphatic carbocycles. The van der Waals surface area contributed by atoms with Gasteiger partial charge in [0, 0.05) is 38.0 Å². The van der Waals surface area contributed by atoms with Crippen LogP contribution in [0.1, 0.15) is 43.2 Å². The minimum atomic E-state index is -0.229. The summed E-state index contributed by atoms with van der Waals surface area (Å²) < 4.78 is 5.99. The van der Waals surface area contributed by atoms with Gasteiger partial charge in [0.2, 0.25) is 11.8 Å². The van der Waals surface area contributed by atoms with E-state index in [2.05, 4.69) is 15.6 Å². The summed E-state index contributed by atoms with van der Waals surface area (Å²) in [5.41, 5.74) is 1.84. The van der Waals surface area contributed by atoms with Gasteiger partial charge >= 0.3 is 0 Å². The second kappa shape index (κ2) is 11.0. The Labute approximate surface area is 171 Å². The number of aromatic nitrogens is 1. The summed E-state index contributed by atoms with van der Waals surface area (Å²) in [7, 11) is 0. The van der Waals surface area contributed by atoms with Crippen molar-refractivity contribution in [3.05, 3.63) is 66.0 Å². The number of hydrogen-bond donors (Lipinski definition) is 2. The Balaban J connectivity index is 1.36. The molecule has 6 nitrogen and oxygen atoms in total. The van der Waals surface area contributed by atoms with E-state index in [0.29, 0.717) is 12.6 Å². The lowest BCUT2D eigenvalue weighted by Gasteiger charge is -2.13. The highest BCUT2D eigenvalue weighted by atomic mass is 16.5. The molecule has 2 amide bonds. The van der Waals surface area contributed by atoms with Crippen LogP contribution in [0.3, 0.4) is 0 Å². The molecule has 3 rings (SSSR count). The monoisotopic (exact) mass is 393 g/mol. The average Bonchev–Trinajstić information content (AvgIpc) is 3.25. The molecule has 0 bridgehead atoms. The van der Waals surface area contributed by atoms with E-state index in [-0.39, 0.29) is 24.8 Å². The van der Waals surface area contributed by atoms with E-state index < -0.39 is 0 Å². The summed E-state index contributed by atoms with van der Waals surface area (Å²) >= 11 is 0. The molecule has 0 aliphatic heterocycles. The summed E-state index contributed by atoms with van der Waals surface area (Å²) in [6.45, 7) is 0.715. The van der Waals surface area contributed by atoms with Gasteiger partial charge in [-0.15, -0.1) is 0 Å². The lowest BCUT2D eigenvalue weighted by Crippen LogP contribution is -2.29. The van der Waals surface area contributed by atoms with Crippen LogP contribution in [0.25, 0.3) is 6.08 Å². The largest absolute Gasteiger partial charge is 0.490 e. The van der Waals surface area contributed by atoms with Crippen LogP contribution in [0.2, 0.25) is 0 Å². The molecule has 1 aliphatic rings. The fraction of sp³-hybridized carbons (Fsp3) is 0.348. The van der Waals surface area contributed by atoms with Crippen LogP contribution >= 0.6 is 0 Å². The Morgan fingerprint density at radius 2 is 2.00 bits per heavy atom. The number of rotatable bonds is 9. The molecule has 152 valence electrons. The lowest BCUT2D eigenvalue weighted by atomic mass is 10.2. The molecule has 0 unspecified atom stereocenters. The molecular weight excluding hydrogens is 366 g/mol. The van der Waals surface area contributed by atoms with Crippen LogP contribution in [0.4, 0.5) is 0 Å². The van der Waals surface area contributed by atoms with Crippen LogP contribution in [0.15, 0.2) is 54.9 Å². The maximum Gasteiger partial charge on any atom is 0.244 e. The third kappa shape index (κ3) is 7.41. The highest BCUT2D eigenvalue weighted by molar-refractivity contribution is 5.92. The molecule has 1 aromatic heterocycles. The third-order valence-corrected chi connectivity index (χ3v) is 4.75. The number of nitrogens with zero attached hydrogens (tertiary/aromatic N) is 1. The van der Waals surface area contributed by atoms with Gasteiger partial charge in [-0.2, -0.15) is 0 Å². The highest BCUT2D eigenvalue weighted by Gasteiger charge is 2.16. The van der Waals surface area contributed by atoms with Crippen molar-refractivity contribution in [1.82, 2.24) is 15.6 Å². The average molecular weight is 393 g/mol. The number of amides is 2. The molecule has 2 aromatic rings. The van der Waals surface area contributed by atoms with Gasteiger partial charge < -0.3 is 15.4 Å². The van der Waals surface area contributed by atoms with E-state index >= 15 is 0 Å². The van der Waals surface area contributed by atoms with Crippen LogP contribution < -0.4 is 15.4 Å². The Kier molecular flexibility index (Phi) is 7.81. The zero-order valence-electron chi connectivity index (χ0n) is 16.5. The van der Waals surface area contributed by atoms with Crippen LogP contribution in [0.5, 0.6) is 5.75 Å². The van der Waals surface area contributed by atoms with Crippen molar-refractivity contribution in [3.8, 4) is 5.75 Å². The van der Waals surface area contributed by atoms with Gasteiger partial charge in [0.25, 0.3) is 0 Å². The van der Waals surface area contributed by atoms with E-state index in [1.54, 1.807) is 18.5 Å². The van der Waals surface area contributed by atoms with Gasteiger partial charge in [-0.1, -0.05) is 18.2 Å². The molecule has 29 heavy (non-hydrogen) atoms. The standard InChI is InChI=1S/C23H27N3O3/c27-22(25-14-12-23(28)26-17-19-6-4-13-24-16-19)11-10-18-5-3-9-21(15-18)29-20-7-1-2-8-20/h3-6,9-11,13,15-16,20H,1-2,7-8,12,14,17H2,(H,25,27)(H,26,28)/b11-10+. The van der Waals surface area contributed by atoms with Crippen molar-refractivity contribution in [2.45, 2.75) is 44.8 Å². The Morgan fingerprint density at radius 1 is 1.14 bits per heavy atom. The topological polar surface area (TPSA) is 80.3 Å². The zero-order valence-corrected chi connectivity index (χ0v) is 16.5. The van der Waals surface area contributed by atoms with E-state index in [4.69, 9.17) is 4.74 Å². The highest BCUT2D eigenvalue weighted by Crippen LogP contribution is 2.24. The first-order chi connectivity index (χ1) is 14.2. The van der Waals surface area contributed by atoms with E-state index in [0.717, 1.165) is 29.7 Å². The normalized spacial score (nSPS) is 14.1. The number of carbonyl (C=O) groups is 2. The molecule has 1 saturated carbocycles. The summed E-state index contributed by atoms with van der Waals surface area (Å²) in [5, 5.41) is 5.53. The molecule has 0 spiro atoms. The first-order valence-corrected chi connectivity index (χ1v) is 10.1. The van der Waals surface area contributed by atoms with Gasteiger partial charge in [0.05, 0.1) is 6.10 Å². The summed E-state index contributed by atoms with van der Waals surface area (Å²) in [6.07, 6.45) is 11.8. The zero-order chi connectivity index (χ0) is 20.3. The Hall–Kier alpha value is -3.15. The van der Waals surface area contributed by atoms with Gasteiger partial charge in [0.1, 0.15) is 5.75 Å². The summed E-state index contributed by atoms with van der Waals surface area (Å²) in [5.74, 6) is 0.492. The Morgan fingerprint density at radius 3 is 2.79 bits per heavy atom. The van der Waals surface area contributed by atoms with Crippen molar-refractivity contribution >= 4 is 17.9 Å². The van der Waals surface area contributed by atoms with E-state index in [9.17, 15) is 9.59 Å². The van der Waals surface area contributed by atoms with Crippen LogP contribution in [-0.2, 0) is 16.1 Å². The van der Waals surface area contributed by atoms with Gasteiger partial charge in [-0.25, -0.2) is 0 Å². The minimum Gasteiger partial charge on any atom is -0.490 e. The minimum absolute atomic E-state index is 0.116. The summed E-state index contributed by atoms with van der Waals surface area (Å²) in [6, 6.07) is 11.5. The van der Waals surface area contributed by atoms with Crippen molar-refractivity contribution in [2.75, 3.05) is 6.54 Å². The number of hydrogen-bond acceptors (Lipinski definition) is 4. The van der Waals surface area contributed by atoms with Gasteiger partial charge in [0.15, 0.2) is 0 Å². The number of nitrogens with one attached hydrogen (secondary N) is 2. The fourth-order valence-electron chi connectivity index (χ4n) is 3.21. The molecule has 2 N–H and O–H groups in total. The molecule has 1 aromatic carbocycles. The first kappa shape index (κ1) is 20.6. The lowest BCUT2D eigenvalue weighted by molar-refractivity contribution is -0.121. The quantitative estimate of drug-likeness (QED) is 0.641. The SMILES string of the molecule is O=C(/C=C/c1cccc(OC2CCCC2)c1)NCCC(=O)NCc1cccnc1. The first-order valence-electron chi connectivity index (χ1n) is 10.1. The van der Waals surface area contributed by atoms with Crippen molar-refractivity contribution in [1.29, 1.82) is 0 Å². The van der Waals surface area contributed by atoms with E-state index in [1.165, 1.54) is 18.9 Å². The maximum absolute atomic E-state index is 12.0. The second-order valence-corrected chi connectivity index (χ2v) is 7.11. The number of pyridine rings is 1. The molecule has 6 heteroatoms. The fourth-order valence-corrected chi connectivity index (χ4v) is 3.21. The van der Waals surface area contributed by atoms with Gasteiger partial charge in [-0.3, -0.25) is 14.6 Å². The summed E-state index contributed by atoms with van der Waals surface area (Å²) in [4.78, 5) is 27.8. The number of ether oxygens (including phenoxy) is 1. The van der Waals surface area contributed by atoms with E-state index in [1.807, 2.05) is 36.4 Å².